The van der Waals surface area contributed by atoms with Crippen LogP contribution in [0.1, 0.15) is 41.6 Å². The first-order valence-corrected chi connectivity index (χ1v) is 10.3. The Morgan fingerprint density at radius 2 is 1.82 bits per heavy atom. The fourth-order valence-electron chi connectivity index (χ4n) is 2.84. The molecule has 0 saturated carbocycles. The van der Waals surface area contributed by atoms with E-state index < -0.39 is 0 Å². The summed E-state index contributed by atoms with van der Waals surface area (Å²) in [5.74, 6) is 0.650. The topological polar surface area (TPSA) is 68.0 Å². The van der Waals surface area contributed by atoms with Gasteiger partial charge < -0.3 is 9.73 Å². The molecule has 3 rings (SSSR count). The fraction of sp³-hybridized carbons (Fsp3) is 0.318. The van der Waals surface area contributed by atoms with Crippen LogP contribution in [0.2, 0.25) is 0 Å². The van der Waals surface area contributed by atoms with E-state index in [9.17, 15) is 4.79 Å². The minimum absolute atomic E-state index is 0.00230. The number of thioether (sulfide) groups is 1. The first-order valence-electron chi connectivity index (χ1n) is 9.36. The fourth-order valence-corrected chi connectivity index (χ4v) is 3.42. The van der Waals surface area contributed by atoms with Crippen LogP contribution >= 0.6 is 11.8 Å². The van der Waals surface area contributed by atoms with Crippen LogP contribution in [0.15, 0.2) is 52.1 Å². The van der Waals surface area contributed by atoms with Crippen molar-refractivity contribution in [2.75, 3.05) is 5.75 Å². The first-order chi connectivity index (χ1) is 13.5. The predicted molar refractivity (Wildman–Crippen MR) is 112 cm³/mol. The maximum Gasteiger partial charge on any atom is 0.277 e. The molecule has 28 heavy (non-hydrogen) atoms. The highest BCUT2D eigenvalue weighted by molar-refractivity contribution is 7.99. The van der Waals surface area contributed by atoms with Gasteiger partial charge in [0.15, 0.2) is 0 Å². The number of aryl methyl sites for hydroxylation is 3. The van der Waals surface area contributed by atoms with Crippen molar-refractivity contribution < 1.29 is 9.21 Å². The van der Waals surface area contributed by atoms with Crippen molar-refractivity contribution in [2.24, 2.45) is 0 Å². The lowest BCUT2D eigenvalue weighted by Crippen LogP contribution is -2.29. The van der Waals surface area contributed by atoms with E-state index in [-0.39, 0.29) is 17.7 Å². The van der Waals surface area contributed by atoms with Crippen LogP contribution in [0.4, 0.5) is 0 Å². The monoisotopic (exact) mass is 395 g/mol. The Kier molecular flexibility index (Phi) is 6.52. The molecule has 6 heteroatoms. The molecule has 0 aliphatic carbocycles. The van der Waals surface area contributed by atoms with Gasteiger partial charge in [0.05, 0.1) is 11.8 Å². The predicted octanol–water partition coefficient (Wildman–Crippen LogP) is 5.02. The average molecular weight is 396 g/mol. The van der Waals surface area contributed by atoms with Crippen LogP contribution in [0.25, 0.3) is 11.5 Å². The Morgan fingerprint density at radius 3 is 2.50 bits per heavy atom. The number of hydrogen-bond donors (Lipinski definition) is 1. The normalized spacial score (nSPS) is 12.0. The summed E-state index contributed by atoms with van der Waals surface area (Å²) >= 11 is 1.25. The lowest BCUT2D eigenvalue weighted by Gasteiger charge is -2.17. The molecule has 0 saturated heterocycles. The number of benzene rings is 2. The summed E-state index contributed by atoms with van der Waals surface area (Å²) in [7, 11) is 0. The zero-order chi connectivity index (χ0) is 20.1. The van der Waals surface area contributed by atoms with Crippen molar-refractivity contribution in [3.63, 3.8) is 0 Å². The highest BCUT2D eigenvalue weighted by atomic mass is 32.2. The van der Waals surface area contributed by atoms with E-state index in [1.165, 1.54) is 28.5 Å². The van der Waals surface area contributed by atoms with Crippen LogP contribution < -0.4 is 5.32 Å². The minimum Gasteiger partial charge on any atom is -0.411 e. The molecule has 1 atom stereocenters. The third-order valence-electron chi connectivity index (χ3n) is 4.71. The summed E-state index contributed by atoms with van der Waals surface area (Å²) in [4.78, 5) is 12.4. The summed E-state index contributed by atoms with van der Waals surface area (Å²) in [6, 6.07) is 14.3. The largest absolute Gasteiger partial charge is 0.411 e. The third-order valence-corrected chi connectivity index (χ3v) is 5.53. The first kappa shape index (κ1) is 20.1. The molecule has 1 N–H and O–H groups in total. The van der Waals surface area contributed by atoms with Crippen LogP contribution in [0.3, 0.4) is 0 Å². The van der Waals surface area contributed by atoms with Crippen LogP contribution in [-0.2, 0) is 4.79 Å². The van der Waals surface area contributed by atoms with Gasteiger partial charge in [0.2, 0.25) is 11.8 Å². The van der Waals surface area contributed by atoms with E-state index in [4.69, 9.17) is 4.42 Å². The van der Waals surface area contributed by atoms with Gasteiger partial charge in [-0.05, 0) is 56.0 Å². The molecule has 5 nitrogen and oxygen atoms in total. The second kappa shape index (κ2) is 9.06. The molecule has 0 aliphatic rings. The highest BCUT2D eigenvalue weighted by Crippen LogP contribution is 2.25. The number of hydrogen-bond acceptors (Lipinski definition) is 5. The highest BCUT2D eigenvalue weighted by Gasteiger charge is 2.15. The molecular weight excluding hydrogens is 370 g/mol. The van der Waals surface area contributed by atoms with Crippen molar-refractivity contribution in [2.45, 2.75) is 45.4 Å². The summed E-state index contributed by atoms with van der Waals surface area (Å²) < 4.78 is 5.70. The molecule has 1 amide bonds. The molecule has 0 fully saturated rings. The van der Waals surface area contributed by atoms with Crippen molar-refractivity contribution in [3.05, 3.63) is 64.7 Å². The quantitative estimate of drug-likeness (QED) is 0.569. The number of nitrogens with one attached hydrogen (secondary N) is 1. The summed E-state index contributed by atoms with van der Waals surface area (Å²) in [5.41, 5.74) is 5.59. The zero-order valence-electron chi connectivity index (χ0n) is 16.7. The molecule has 146 valence electrons. The Morgan fingerprint density at radius 1 is 1.07 bits per heavy atom. The van der Waals surface area contributed by atoms with Crippen molar-refractivity contribution in [1.29, 1.82) is 0 Å². The molecule has 1 unspecified atom stereocenters. The maximum absolute atomic E-state index is 12.4. The van der Waals surface area contributed by atoms with Gasteiger partial charge in [0.25, 0.3) is 5.22 Å². The smallest absolute Gasteiger partial charge is 0.277 e. The Bertz CT molecular complexity index is 951. The van der Waals surface area contributed by atoms with Crippen molar-refractivity contribution in [1.82, 2.24) is 15.5 Å². The SMILES string of the molecule is CCC(NC(=O)CSc1nnc(-c2ccc(C)c(C)c2)o1)c1ccc(C)cc1. The third kappa shape index (κ3) is 5.01. The van der Waals surface area contributed by atoms with Crippen LogP contribution in [-0.4, -0.2) is 21.9 Å². The van der Waals surface area contributed by atoms with E-state index in [0.717, 1.165) is 17.5 Å². The molecule has 1 heterocycles. The van der Waals surface area contributed by atoms with Crippen molar-refractivity contribution >= 4 is 17.7 Å². The Hall–Kier alpha value is -2.60. The van der Waals surface area contributed by atoms with Crippen LogP contribution in [0.5, 0.6) is 0 Å². The molecule has 1 aromatic heterocycles. The molecule has 2 aromatic carbocycles. The Labute approximate surface area is 170 Å². The molecule has 0 aliphatic heterocycles. The van der Waals surface area contributed by atoms with Gasteiger partial charge in [0, 0.05) is 5.56 Å². The van der Waals surface area contributed by atoms with Crippen molar-refractivity contribution in [3.8, 4) is 11.5 Å². The molecule has 0 spiro atoms. The molecule has 0 radical (unpaired) electrons. The van der Waals surface area contributed by atoms with Gasteiger partial charge in [0.1, 0.15) is 0 Å². The van der Waals surface area contributed by atoms with Gasteiger partial charge in [-0.3, -0.25) is 4.79 Å². The summed E-state index contributed by atoms with van der Waals surface area (Å²) in [6.07, 6.45) is 0.830. The average Bonchev–Trinajstić information content (AvgIpc) is 3.16. The van der Waals surface area contributed by atoms with E-state index in [1.54, 1.807) is 0 Å². The minimum atomic E-state index is -0.0524. The molecule has 3 aromatic rings. The standard InChI is InChI=1S/C22H25N3O2S/c1-5-19(17-9-6-14(2)7-10-17)23-20(26)13-28-22-25-24-21(27-22)18-11-8-15(3)16(4)12-18/h6-12,19H,5,13H2,1-4H3,(H,23,26). The Balaban J connectivity index is 1.58. The van der Waals surface area contributed by atoms with E-state index in [1.807, 2.05) is 25.1 Å². The van der Waals surface area contributed by atoms with Gasteiger partial charge in [-0.15, -0.1) is 10.2 Å². The lowest BCUT2D eigenvalue weighted by molar-refractivity contribution is -0.119. The number of carbonyl (C=O) groups excluding carboxylic acids is 1. The second-order valence-electron chi connectivity index (χ2n) is 6.90. The van der Waals surface area contributed by atoms with Gasteiger partial charge >= 0.3 is 0 Å². The number of rotatable bonds is 7. The van der Waals surface area contributed by atoms with E-state index >= 15 is 0 Å². The molecule has 0 bridgehead atoms. The lowest BCUT2D eigenvalue weighted by atomic mass is 10.0. The number of amides is 1. The van der Waals surface area contributed by atoms with E-state index in [0.29, 0.717) is 11.1 Å². The number of carbonyl (C=O) groups is 1. The van der Waals surface area contributed by atoms with Gasteiger partial charge in [-0.1, -0.05) is 54.6 Å². The van der Waals surface area contributed by atoms with Gasteiger partial charge in [-0.2, -0.15) is 0 Å². The number of nitrogens with zero attached hydrogens (tertiary/aromatic N) is 2. The van der Waals surface area contributed by atoms with Crippen LogP contribution in [0, 0.1) is 20.8 Å². The summed E-state index contributed by atoms with van der Waals surface area (Å²) in [6.45, 7) is 8.22. The van der Waals surface area contributed by atoms with E-state index in [2.05, 4.69) is 60.6 Å². The number of aromatic nitrogens is 2. The maximum atomic E-state index is 12.4. The second-order valence-corrected chi connectivity index (χ2v) is 7.83. The zero-order valence-corrected chi connectivity index (χ0v) is 17.5. The summed E-state index contributed by atoms with van der Waals surface area (Å²) in [5, 5.41) is 11.6. The van der Waals surface area contributed by atoms with Gasteiger partial charge in [-0.25, -0.2) is 0 Å². The molecular formula is C22H25N3O2S.